The van der Waals surface area contributed by atoms with Crippen LogP contribution in [0.15, 0.2) is 46.6 Å². The van der Waals surface area contributed by atoms with Crippen molar-refractivity contribution in [1.29, 1.82) is 0 Å². The first-order valence-electron chi connectivity index (χ1n) is 16.2. The van der Waals surface area contributed by atoms with Crippen molar-refractivity contribution in [3.63, 3.8) is 0 Å². The fourth-order valence-electron chi connectivity index (χ4n) is 6.43. The highest BCUT2D eigenvalue weighted by Crippen LogP contribution is 2.55. The summed E-state index contributed by atoms with van der Waals surface area (Å²) in [5.74, 6) is 3.84. The van der Waals surface area contributed by atoms with Crippen molar-refractivity contribution in [2.45, 2.75) is 162 Å². The van der Waals surface area contributed by atoms with Gasteiger partial charge < -0.3 is 0 Å². The van der Waals surface area contributed by atoms with Gasteiger partial charge in [0.1, 0.15) is 0 Å². The molecule has 224 valence electrons. The molecule has 3 atom stereocenters. The van der Waals surface area contributed by atoms with Gasteiger partial charge in [-0.05, 0) is 105 Å². The molecule has 38 heavy (non-hydrogen) atoms. The van der Waals surface area contributed by atoms with Crippen LogP contribution in [0.2, 0.25) is 0 Å². The molecule has 0 aliphatic heterocycles. The van der Waals surface area contributed by atoms with Crippen LogP contribution in [-0.4, -0.2) is 0 Å². The largest absolute Gasteiger partial charge is 0.0874 e. The van der Waals surface area contributed by atoms with E-state index < -0.39 is 0 Å². The van der Waals surface area contributed by atoms with Gasteiger partial charge in [0.05, 0.1) is 0 Å². The Balaban J connectivity index is 0. The molecule has 1 rings (SSSR count). The summed E-state index contributed by atoms with van der Waals surface area (Å²) in [4.78, 5) is 0. The summed E-state index contributed by atoms with van der Waals surface area (Å²) in [6, 6.07) is 0. The summed E-state index contributed by atoms with van der Waals surface area (Å²) >= 11 is 0. The Kier molecular flexibility index (Phi) is 21.4. The van der Waals surface area contributed by atoms with Crippen molar-refractivity contribution in [3.8, 4) is 0 Å². The first-order chi connectivity index (χ1) is 17.5. The second-order valence-electron chi connectivity index (χ2n) is 12.9. The Bertz CT molecular complexity index is 699. The summed E-state index contributed by atoms with van der Waals surface area (Å²) in [5, 5.41) is 0. The zero-order valence-corrected chi connectivity index (χ0v) is 27.8. The van der Waals surface area contributed by atoms with Crippen LogP contribution in [0.25, 0.3) is 0 Å². The maximum Gasteiger partial charge on any atom is 0.00219 e. The quantitative estimate of drug-likeness (QED) is 0.187. The van der Waals surface area contributed by atoms with Crippen LogP contribution in [-0.2, 0) is 0 Å². The molecule has 0 aromatic rings. The lowest BCUT2D eigenvalue weighted by atomic mass is 9.57. The summed E-state index contributed by atoms with van der Waals surface area (Å²) in [6.45, 7) is 30.2. The van der Waals surface area contributed by atoms with E-state index in [0.29, 0.717) is 5.92 Å². The highest BCUT2D eigenvalue weighted by molar-refractivity contribution is 5.52. The molecule has 1 aliphatic rings. The Morgan fingerprint density at radius 1 is 0.658 bits per heavy atom. The third kappa shape index (κ3) is 12.4. The van der Waals surface area contributed by atoms with Gasteiger partial charge in [0.15, 0.2) is 0 Å². The Morgan fingerprint density at radius 3 is 1.45 bits per heavy atom. The van der Waals surface area contributed by atoms with E-state index in [0.717, 1.165) is 23.7 Å². The third-order valence-electron chi connectivity index (χ3n) is 9.03. The van der Waals surface area contributed by atoms with Gasteiger partial charge >= 0.3 is 0 Å². The number of hydrogen-bond donors (Lipinski definition) is 0. The number of rotatable bonds is 16. The summed E-state index contributed by atoms with van der Waals surface area (Å²) in [5.41, 5.74) is 6.52. The van der Waals surface area contributed by atoms with Crippen LogP contribution in [0.3, 0.4) is 0 Å². The van der Waals surface area contributed by atoms with E-state index >= 15 is 0 Å². The molecule has 0 saturated heterocycles. The number of hydrogen-bond acceptors (Lipinski definition) is 0. The second kappa shape index (κ2) is 20.8. The average Bonchev–Trinajstić information content (AvgIpc) is 2.85. The van der Waals surface area contributed by atoms with Gasteiger partial charge in [0.2, 0.25) is 0 Å². The molecule has 0 fully saturated rings. The highest BCUT2D eigenvalue weighted by atomic mass is 14.5. The van der Waals surface area contributed by atoms with Crippen LogP contribution in [0, 0.1) is 35.0 Å². The molecule has 1 aliphatic carbocycles. The van der Waals surface area contributed by atoms with Gasteiger partial charge in [-0.15, -0.1) is 0 Å². The molecule has 0 aromatic carbocycles. The van der Waals surface area contributed by atoms with Gasteiger partial charge in [-0.3, -0.25) is 0 Å². The Labute approximate surface area is 242 Å². The van der Waals surface area contributed by atoms with E-state index in [1.807, 2.05) is 13.8 Å². The molecule has 0 N–H and O–H groups in total. The zero-order chi connectivity index (χ0) is 28.6. The Hall–Kier alpha value is -1.04. The van der Waals surface area contributed by atoms with Crippen LogP contribution in [0.5, 0.6) is 0 Å². The lowest BCUT2D eigenvalue weighted by molar-refractivity contribution is 0.183. The van der Waals surface area contributed by atoms with Crippen molar-refractivity contribution in [2.75, 3.05) is 0 Å². The van der Waals surface area contributed by atoms with Crippen molar-refractivity contribution >= 4 is 0 Å². The average molecular weight is 529 g/mol. The van der Waals surface area contributed by atoms with Gasteiger partial charge in [-0.1, -0.05) is 133 Å². The van der Waals surface area contributed by atoms with Crippen molar-refractivity contribution in [3.05, 3.63) is 46.6 Å². The van der Waals surface area contributed by atoms with E-state index in [1.165, 1.54) is 75.4 Å². The number of allylic oxidation sites excluding steroid dienone is 8. The van der Waals surface area contributed by atoms with Crippen molar-refractivity contribution in [1.82, 2.24) is 0 Å². The molecule has 0 amide bonds. The molecular weight excluding hydrogens is 456 g/mol. The fraction of sp³-hybridized carbons (Fsp3) is 0.789. The third-order valence-corrected chi connectivity index (χ3v) is 9.03. The smallest absolute Gasteiger partial charge is 0.00219 e. The van der Waals surface area contributed by atoms with Crippen molar-refractivity contribution in [2.24, 2.45) is 35.0 Å². The van der Waals surface area contributed by atoms with Gasteiger partial charge in [0, 0.05) is 5.41 Å². The molecule has 0 nitrogen and oxygen atoms in total. The minimum atomic E-state index is 0. The molecule has 0 heteroatoms. The lowest BCUT2D eigenvalue weighted by Crippen LogP contribution is -2.36. The summed E-state index contributed by atoms with van der Waals surface area (Å²) < 4.78 is 0. The van der Waals surface area contributed by atoms with Gasteiger partial charge in [-0.25, -0.2) is 0 Å². The standard InChI is InChI=1S/C35H62.C2H6.CH4/c1-12-16-33-30(9)31(10)34(17-13-2)35(32(33)11,24-22-28(7)20-14-18-26(3)4)25-23-29(8)21-15-19-27(5)6;1-2;/h12-13,16-17,26-29,32H,14-15,18-25H2,1-11H3;1-2H3;1H4/b16-12-,17-13-;;. The molecule has 3 unspecified atom stereocenters. The fourth-order valence-corrected chi connectivity index (χ4v) is 6.43. The van der Waals surface area contributed by atoms with Crippen molar-refractivity contribution < 1.29 is 0 Å². The summed E-state index contributed by atoms with van der Waals surface area (Å²) in [6.07, 6.45) is 23.1. The maximum absolute atomic E-state index is 2.54. The normalized spacial score (nSPS) is 21.8. The molecule has 0 saturated carbocycles. The predicted molar refractivity (Wildman–Crippen MR) is 179 cm³/mol. The van der Waals surface area contributed by atoms with E-state index in [4.69, 9.17) is 0 Å². The topological polar surface area (TPSA) is 0 Å². The van der Waals surface area contributed by atoms with Crippen LogP contribution in [0.4, 0.5) is 0 Å². The maximum atomic E-state index is 2.54. The van der Waals surface area contributed by atoms with Crippen LogP contribution in [0.1, 0.15) is 162 Å². The monoisotopic (exact) mass is 529 g/mol. The molecule has 0 radical (unpaired) electrons. The first-order valence-corrected chi connectivity index (χ1v) is 16.2. The molecule has 0 bridgehead atoms. The SMILES string of the molecule is C.C/C=C\C1=C(C)C(C)=C(/C=C\C)C(CCC(C)CCCC(C)C)(CCC(C)CCCC(C)C)C1C.CC. The van der Waals surface area contributed by atoms with E-state index in [2.05, 4.69) is 100 Å². The predicted octanol–water partition coefficient (Wildman–Crippen LogP) is 13.6. The summed E-state index contributed by atoms with van der Waals surface area (Å²) in [7, 11) is 0. The molecule has 0 heterocycles. The zero-order valence-electron chi connectivity index (χ0n) is 27.8. The van der Waals surface area contributed by atoms with Gasteiger partial charge in [-0.2, -0.15) is 0 Å². The van der Waals surface area contributed by atoms with Crippen LogP contribution >= 0.6 is 0 Å². The minimum absolute atomic E-state index is 0. The molecule has 0 spiro atoms. The van der Waals surface area contributed by atoms with E-state index in [1.54, 1.807) is 11.1 Å². The molecular formula is C38H72. The second-order valence-corrected chi connectivity index (χ2v) is 12.9. The highest BCUT2D eigenvalue weighted by Gasteiger charge is 2.43. The van der Waals surface area contributed by atoms with Gasteiger partial charge in [0.25, 0.3) is 0 Å². The lowest BCUT2D eigenvalue weighted by Gasteiger charge is -2.47. The molecule has 0 aromatic heterocycles. The first kappa shape index (κ1) is 39.1. The Morgan fingerprint density at radius 2 is 1.08 bits per heavy atom. The minimum Gasteiger partial charge on any atom is -0.0874 e. The van der Waals surface area contributed by atoms with Crippen LogP contribution < -0.4 is 0 Å². The van der Waals surface area contributed by atoms with E-state index in [9.17, 15) is 0 Å². The van der Waals surface area contributed by atoms with E-state index in [-0.39, 0.29) is 12.8 Å².